The van der Waals surface area contributed by atoms with Crippen LogP contribution >= 0.6 is 23.2 Å². The molecule has 0 unspecified atom stereocenters. The van der Waals surface area contributed by atoms with E-state index in [1.54, 1.807) is 18.9 Å². The largest absolute Gasteiger partial charge is 0.497 e. The molecule has 0 aliphatic heterocycles. The van der Waals surface area contributed by atoms with Crippen LogP contribution in [0.4, 0.5) is 0 Å². The standard InChI is InChI=1S/C20H21Cl2N3O2/c1-13-19(20(22)25(24-13)16-6-4-5-15(21)9-16)12-23-11-14-7-17(26-2)10-18(8-14)27-3/h4-10,23H,11-12H2,1-3H3. The summed E-state index contributed by atoms with van der Waals surface area (Å²) in [6.07, 6.45) is 0. The van der Waals surface area contributed by atoms with Gasteiger partial charge < -0.3 is 14.8 Å². The molecular formula is C20H21Cl2N3O2. The summed E-state index contributed by atoms with van der Waals surface area (Å²) in [6.45, 7) is 3.18. The zero-order chi connectivity index (χ0) is 19.4. The van der Waals surface area contributed by atoms with E-state index in [4.69, 9.17) is 32.7 Å². The van der Waals surface area contributed by atoms with Gasteiger partial charge in [0.1, 0.15) is 16.7 Å². The topological polar surface area (TPSA) is 48.3 Å². The number of aromatic nitrogens is 2. The number of benzene rings is 2. The Hall–Kier alpha value is -2.21. The quantitative estimate of drug-likeness (QED) is 0.613. The van der Waals surface area contributed by atoms with Crippen molar-refractivity contribution in [3.8, 4) is 17.2 Å². The number of halogens is 2. The molecule has 0 atom stereocenters. The van der Waals surface area contributed by atoms with Gasteiger partial charge in [-0.1, -0.05) is 29.3 Å². The number of hydrogen-bond acceptors (Lipinski definition) is 4. The summed E-state index contributed by atoms with van der Waals surface area (Å²) in [5.41, 5.74) is 3.71. The first kappa shape index (κ1) is 19.5. The Bertz CT molecular complexity index is 919. The van der Waals surface area contributed by atoms with Crippen molar-refractivity contribution >= 4 is 23.2 Å². The molecule has 1 N–H and O–H groups in total. The number of ether oxygens (including phenoxy) is 2. The SMILES string of the molecule is COc1cc(CNCc2c(C)nn(-c3cccc(Cl)c3)c2Cl)cc(OC)c1. The third-order valence-electron chi connectivity index (χ3n) is 4.22. The summed E-state index contributed by atoms with van der Waals surface area (Å²) in [5, 5.41) is 9.17. The van der Waals surface area contributed by atoms with Gasteiger partial charge in [0, 0.05) is 29.7 Å². The van der Waals surface area contributed by atoms with E-state index in [-0.39, 0.29) is 0 Å². The van der Waals surface area contributed by atoms with Crippen molar-refractivity contribution in [2.75, 3.05) is 14.2 Å². The highest BCUT2D eigenvalue weighted by molar-refractivity contribution is 6.31. The molecule has 0 spiro atoms. The molecule has 2 aromatic carbocycles. The van der Waals surface area contributed by atoms with Crippen LogP contribution in [0, 0.1) is 6.92 Å². The molecule has 3 aromatic rings. The summed E-state index contributed by atoms with van der Waals surface area (Å²) in [6, 6.07) is 13.2. The molecule has 0 fully saturated rings. The third-order valence-corrected chi connectivity index (χ3v) is 4.84. The van der Waals surface area contributed by atoms with Crippen LogP contribution < -0.4 is 14.8 Å². The van der Waals surface area contributed by atoms with Gasteiger partial charge in [-0.25, -0.2) is 4.68 Å². The van der Waals surface area contributed by atoms with E-state index in [1.807, 2.05) is 49.4 Å². The van der Waals surface area contributed by atoms with Crippen molar-refractivity contribution < 1.29 is 9.47 Å². The molecule has 0 aliphatic rings. The molecule has 0 saturated carbocycles. The van der Waals surface area contributed by atoms with Gasteiger partial charge in [-0.2, -0.15) is 5.10 Å². The Morgan fingerprint density at radius 3 is 2.33 bits per heavy atom. The van der Waals surface area contributed by atoms with Gasteiger partial charge >= 0.3 is 0 Å². The van der Waals surface area contributed by atoms with Crippen LogP contribution in [0.1, 0.15) is 16.8 Å². The summed E-state index contributed by atoms with van der Waals surface area (Å²) in [5.74, 6) is 1.52. The minimum Gasteiger partial charge on any atom is -0.497 e. The minimum atomic E-state index is 0.575. The Balaban J connectivity index is 1.74. The number of nitrogens with one attached hydrogen (secondary N) is 1. The third kappa shape index (κ3) is 4.56. The molecule has 3 rings (SSSR count). The van der Waals surface area contributed by atoms with Gasteiger partial charge in [0.2, 0.25) is 0 Å². The second kappa shape index (κ2) is 8.65. The summed E-state index contributed by atoms with van der Waals surface area (Å²) in [7, 11) is 3.28. The van der Waals surface area contributed by atoms with E-state index in [2.05, 4.69) is 10.4 Å². The molecule has 5 nitrogen and oxygen atoms in total. The molecule has 27 heavy (non-hydrogen) atoms. The molecule has 0 saturated heterocycles. The van der Waals surface area contributed by atoms with E-state index in [9.17, 15) is 0 Å². The van der Waals surface area contributed by atoms with Crippen molar-refractivity contribution in [1.29, 1.82) is 0 Å². The maximum Gasteiger partial charge on any atom is 0.137 e. The Labute approximate surface area is 168 Å². The van der Waals surface area contributed by atoms with Crippen LogP contribution in [0.2, 0.25) is 10.2 Å². The lowest BCUT2D eigenvalue weighted by Crippen LogP contribution is -2.13. The van der Waals surface area contributed by atoms with E-state index in [0.717, 1.165) is 34.0 Å². The van der Waals surface area contributed by atoms with Crippen LogP contribution in [0.3, 0.4) is 0 Å². The number of hydrogen-bond donors (Lipinski definition) is 1. The van der Waals surface area contributed by atoms with Crippen molar-refractivity contribution in [3.63, 3.8) is 0 Å². The van der Waals surface area contributed by atoms with Gasteiger partial charge in [-0.05, 0) is 42.8 Å². The summed E-state index contributed by atoms with van der Waals surface area (Å²) in [4.78, 5) is 0. The number of aryl methyl sites for hydroxylation is 1. The fourth-order valence-corrected chi connectivity index (χ4v) is 3.33. The molecule has 1 heterocycles. The fourth-order valence-electron chi connectivity index (χ4n) is 2.81. The lowest BCUT2D eigenvalue weighted by Gasteiger charge is -2.10. The first-order chi connectivity index (χ1) is 13.0. The normalized spacial score (nSPS) is 10.9. The van der Waals surface area contributed by atoms with Gasteiger partial charge in [0.05, 0.1) is 25.6 Å². The summed E-state index contributed by atoms with van der Waals surface area (Å²) >= 11 is 12.6. The molecule has 1 aromatic heterocycles. The van der Waals surface area contributed by atoms with Gasteiger partial charge in [-0.3, -0.25) is 0 Å². The highest BCUT2D eigenvalue weighted by atomic mass is 35.5. The monoisotopic (exact) mass is 405 g/mol. The number of methoxy groups -OCH3 is 2. The van der Waals surface area contributed by atoms with Crippen molar-refractivity contribution in [2.24, 2.45) is 0 Å². The van der Waals surface area contributed by atoms with Crippen LogP contribution in [0.15, 0.2) is 42.5 Å². The second-order valence-electron chi connectivity index (χ2n) is 6.07. The van der Waals surface area contributed by atoms with Crippen molar-refractivity contribution in [1.82, 2.24) is 15.1 Å². The van der Waals surface area contributed by atoms with Gasteiger partial charge in [0.25, 0.3) is 0 Å². The molecule has 142 valence electrons. The zero-order valence-corrected chi connectivity index (χ0v) is 16.9. The van der Waals surface area contributed by atoms with Crippen molar-refractivity contribution in [2.45, 2.75) is 20.0 Å². The maximum atomic E-state index is 6.57. The fraction of sp³-hybridized carbons (Fsp3) is 0.250. The molecular weight excluding hydrogens is 385 g/mol. The first-order valence-electron chi connectivity index (χ1n) is 8.44. The average Bonchev–Trinajstić information content (AvgIpc) is 2.96. The van der Waals surface area contributed by atoms with E-state index >= 15 is 0 Å². The summed E-state index contributed by atoms with van der Waals surface area (Å²) < 4.78 is 12.3. The minimum absolute atomic E-state index is 0.575. The number of nitrogens with zero attached hydrogens (tertiary/aromatic N) is 2. The molecule has 0 radical (unpaired) electrons. The maximum absolute atomic E-state index is 6.57. The lowest BCUT2D eigenvalue weighted by molar-refractivity contribution is 0.393. The number of rotatable bonds is 7. The molecule has 0 aliphatic carbocycles. The Kier molecular flexibility index (Phi) is 6.26. The first-order valence-corrected chi connectivity index (χ1v) is 9.20. The molecule has 0 bridgehead atoms. The van der Waals surface area contributed by atoms with E-state index < -0.39 is 0 Å². The van der Waals surface area contributed by atoms with Crippen LogP contribution in [-0.2, 0) is 13.1 Å². The van der Waals surface area contributed by atoms with Crippen LogP contribution in [-0.4, -0.2) is 24.0 Å². The smallest absolute Gasteiger partial charge is 0.137 e. The highest BCUT2D eigenvalue weighted by Crippen LogP contribution is 2.26. The molecule has 0 amide bonds. The van der Waals surface area contributed by atoms with Crippen LogP contribution in [0.25, 0.3) is 5.69 Å². The van der Waals surface area contributed by atoms with Crippen molar-refractivity contribution in [3.05, 3.63) is 69.5 Å². The molecule has 7 heteroatoms. The predicted octanol–water partition coefficient (Wildman–Crippen LogP) is 4.79. The van der Waals surface area contributed by atoms with E-state index in [0.29, 0.717) is 23.3 Å². The average molecular weight is 406 g/mol. The van der Waals surface area contributed by atoms with Crippen LogP contribution in [0.5, 0.6) is 11.5 Å². The van der Waals surface area contributed by atoms with E-state index in [1.165, 1.54) is 0 Å². The predicted molar refractivity (Wildman–Crippen MR) is 108 cm³/mol. The van der Waals surface area contributed by atoms with Gasteiger partial charge in [-0.15, -0.1) is 0 Å². The Morgan fingerprint density at radius 2 is 1.70 bits per heavy atom. The highest BCUT2D eigenvalue weighted by Gasteiger charge is 2.14. The lowest BCUT2D eigenvalue weighted by atomic mass is 10.2. The Morgan fingerprint density at radius 1 is 1.00 bits per heavy atom. The van der Waals surface area contributed by atoms with Gasteiger partial charge in [0.15, 0.2) is 0 Å². The second-order valence-corrected chi connectivity index (χ2v) is 6.87. The zero-order valence-electron chi connectivity index (χ0n) is 15.4.